The second-order valence-electron chi connectivity index (χ2n) is 11.6. The molecular weight excluding hydrogens is 428 g/mol. The Bertz CT molecular complexity index is 433. The van der Waals surface area contributed by atoms with Gasteiger partial charge in [-0.3, -0.25) is 4.79 Å². The van der Waals surface area contributed by atoms with Crippen LogP contribution < -0.4 is 0 Å². The van der Waals surface area contributed by atoms with Crippen molar-refractivity contribution in [3.8, 4) is 0 Å². The average molecular weight is 493 g/mol. The van der Waals surface area contributed by atoms with Crippen LogP contribution in [0.1, 0.15) is 200 Å². The van der Waals surface area contributed by atoms with Gasteiger partial charge in [-0.15, -0.1) is 0 Å². The van der Waals surface area contributed by atoms with Crippen molar-refractivity contribution in [3.05, 3.63) is 0 Å². The Morgan fingerprint density at radius 3 is 1.03 bits per heavy atom. The summed E-state index contributed by atoms with van der Waals surface area (Å²) < 4.78 is 5.28. The molecule has 1 aliphatic heterocycles. The van der Waals surface area contributed by atoms with Gasteiger partial charge in [0.2, 0.25) is 0 Å². The second kappa shape index (κ2) is 26.5. The minimum Gasteiger partial charge on any atom is -0.462 e. The third-order valence-corrected chi connectivity index (χ3v) is 8.10. The van der Waals surface area contributed by atoms with Crippen LogP contribution >= 0.6 is 0 Å². The van der Waals surface area contributed by atoms with Crippen LogP contribution in [0.15, 0.2) is 0 Å². The van der Waals surface area contributed by atoms with E-state index in [4.69, 9.17) is 4.74 Å². The number of unbranched alkanes of at least 4 members (excludes halogenated alkanes) is 26. The van der Waals surface area contributed by atoms with Crippen LogP contribution in [0.4, 0.5) is 0 Å². The molecule has 35 heavy (non-hydrogen) atoms. The van der Waals surface area contributed by atoms with Gasteiger partial charge >= 0.3 is 5.97 Å². The van der Waals surface area contributed by atoms with Gasteiger partial charge in [0.15, 0.2) is 0 Å². The molecule has 0 aromatic rings. The number of esters is 1. The molecule has 0 bridgehead atoms. The standard InChI is InChI=1S/C33H64O2/c1-2-3-4-5-6-7-8-9-10-11-12-13-14-15-16-17-18-19-20-21-22-23-24-25-26-27-28-29-32-30-31-33(34)35-32/h32H,2-31H2,1H3. The lowest BCUT2D eigenvalue weighted by Crippen LogP contribution is -2.06. The minimum absolute atomic E-state index is 0.0139. The zero-order valence-corrected chi connectivity index (χ0v) is 24.1. The topological polar surface area (TPSA) is 26.3 Å². The smallest absolute Gasteiger partial charge is 0.306 e. The van der Waals surface area contributed by atoms with E-state index in [1.807, 2.05) is 0 Å². The number of carbonyl (C=O) groups excluding carboxylic acids is 1. The van der Waals surface area contributed by atoms with Crippen LogP contribution in [0.5, 0.6) is 0 Å². The highest BCUT2D eigenvalue weighted by atomic mass is 16.5. The number of rotatable bonds is 28. The Balaban J connectivity index is 1.62. The molecule has 1 rings (SSSR count). The lowest BCUT2D eigenvalue weighted by atomic mass is 10.0. The van der Waals surface area contributed by atoms with Gasteiger partial charge in [-0.25, -0.2) is 0 Å². The highest BCUT2D eigenvalue weighted by Crippen LogP contribution is 2.20. The zero-order valence-electron chi connectivity index (χ0n) is 24.1. The van der Waals surface area contributed by atoms with Gasteiger partial charge in [-0.2, -0.15) is 0 Å². The first-order valence-electron chi connectivity index (χ1n) is 16.5. The molecule has 1 heterocycles. The molecule has 1 saturated heterocycles. The molecule has 1 unspecified atom stereocenters. The van der Waals surface area contributed by atoms with E-state index in [-0.39, 0.29) is 12.1 Å². The van der Waals surface area contributed by atoms with E-state index >= 15 is 0 Å². The van der Waals surface area contributed by atoms with Crippen LogP contribution in [0.2, 0.25) is 0 Å². The SMILES string of the molecule is CCCCCCCCCCCCCCCCCCCCCCCCCCCCCC1CCC(=O)O1. The predicted octanol–water partition coefficient (Wildman–Crippen LogP) is 11.6. The summed E-state index contributed by atoms with van der Waals surface area (Å²) in [5, 5.41) is 0. The van der Waals surface area contributed by atoms with E-state index in [9.17, 15) is 4.79 Å². The first kappa shape index (κ1) is 32.5. The van der Waals surface area contributed by atoms with Gasteiger partial charge in [0, 0.05) is 6.42 Å². The summed E-state index contributed by atoms with van der Waals surface area (Å²) in [7, 11) is 0. The molecular formula is C33H64O2. The molecule has 0 aliphatic carbocycles. The van der Waals surface area contributed by atoms with Crippen molar-refractivity contribution in [1.29, 1.82) is 0 Å². The Labute approximate surface area is 221 Å². The molecule has 1 fully saturated rings. The van der Waals surface area contributed by atoms with Gasteiger partial charge in [-0.05, 0) is 19.3 Å². The molecule has 0 aromatic carbocycles. The Kier molecular flexibility index (Phi) is 24.6. The Hall–Kier alpha value is -0.530. The molecule has 2 heteroatoms. The summed E-state index contributed by atoms with van der Waals surface area (Å²) >= 11 is 0. The monoisotopic (exact) mass is 492 g/mol. The van der Waals surface area contributed by atoms with Crippen molar-refractivity contribution < 1.29 is 9.53 Å². The van der Waals surface area contributed by atoms with Crippen molar-refractivity contribution in [2.75, 3.05) is 0 Å². The summed E-state index contributed by atoms with van der Waals surface area (Å²) in [5.41, 5.74) is 0. The van der Waals surface area contributed by atoms with E-state index < -0.39 is 0 Å². The quantitative estimate of drug-likeness (QED) is 0.0801. The summed E-state index contributed by atoms with van der Waals surface area (Å²) in [6.45, 7) is 2.30. The van der Waals surface area contributed by atoms with E-state index in [1.165, 1.54) is 173 Å². The van der Waals surface area contributed by atoms with Crippen LogP contribution in [0.25, 0.3) is 0 Å². The van der Waals surface area contributed by atoms with Crippen LogP contribution in [-0.2, 0) is 9.53 Å². The third kappa shape index (κ3) is 23.6. The van der Waals surface area contributed by atoms with E-state index in [1.54, 1.807) is 0 Å². The van der Waals surface area contributed by atoms with Crippen molar-refractivity contribution in [2.24, 2.45) is 0 Å². The third-order valence-electron chi connectivity index (χ3n) is 8.10. The Morgan fingerprint density at radius 2 is 0.771 bits per heavy atom. The Morgan fingerprint density at radius 1 is 0.486 bits per heavy atom. The maximum absolute atomic E-state index is 11.1. The first-order chi connectivity index (χ1) is 17.3. The van der Waals surface area contributed by atoms with Crippen molar-refractivity contribution in [1.82, 2.24) is 0 Å². The maximum Gasteiger partial charge on any atom is 0.306 e. The molecule has 0 saturated carbocycles. The summed E-state index contributed by atoms with van der Waals surface area (Å²) in [6, 6.07) is 0. The number of ether oxygens (including phenoxy) is 1. The van der Waals surface area contributed by atoms with Crippen molar-refractivity contribution in [3.63, 3.8) is 0 Å². The van der Waals surface area contributed by atoms with Gasteiger partial charge < -0.3 is 4.74 Å². The number of carbonyl (C=O) groups is 1. The van der Waals surface area contributed by atoms with Gasteiger partial charge in [0.25, 0.3) is 0 Å². The van der Waals surface area contributed by atoms with Gasteiger partial charge in [0.1, 0.15) is 6.10 Å². The molecule has 0 aromatic heterocycles. The average Bonchev–Trinajstić information content (AvgIpc) is 3.28. The van der Waals surface area contributed by atoms with Gasteiger partial charge in [0.05, 0.1) is 0 Å². The van der Waals surface area contributed by atoms with Crippen LogP contribution in [0, 0.1) is 0 Å². The van der Waals surface area contributed by atoms with Crippen molar-refractivity contribution >= 4 is 5.97 Å². The molecule has 2 nitrogen and oxygen atoms in total. The highest BCUT2D eigenvalue weighted by Gasteiger charge is 2.22. The lowest BCUT2D eigenvalue weighted by molar-refractivity contribution is -0.141. The molecule has 0 spiro atoms. The van der Waals surface area contributed by atoms with E-state index in [0.29, 0.717) is 6.42 Å². The second-order valence-corrected chi connectivity index (χ2v) is 11.6. The number of cyclic esters (lactones) is 1. The minimum atomic E-state index is 0.0139. The molecule has 1 atom stereocenters. The summed E-state index contributed by atoms with van der Waals surface area (Å²) in [6.07, 6.45) is 41.8. The fraction of sp³-hybridized carbons (Fsp3) is 0.970. The van der Waals surface area contributed by atoms with Crippen LogP contribution in [0.3, 0.4) is 0 Å². The summed E-state index contributed by atoms with van der Waals surface area (Å²) in [4.78, 5) is 11.1. The maximum atomic E-state index is 11.1. The molecule has 1 aliphatic rings. The molecule has 208 valence electrons. The molecule has 0 N–H and O–H groups in total. The summed E-state index contributed by atoms with van der Waals surface area (Å²) in [5.74, 6) is 0.0139. The largest absolute Gasteiger partial charge is 0.462 e. The number of hydrogen-bond acceptors (Lipinski definition) is 2. The molecule has 0 radical (unpaired) electrons. The van der Waals surface area contributed by atoms with Gasteiger partial charge in [-0.1, -0.05) is 174 Å². The first-order valence-corrected chi connectivity index (χ1v) is 16.5. The van der Waals surface area contributed by atoms with Crippen LogP contribution in [-0.4, -0.2) is 12.1 Å². The lowest BCUT2D eigenvalue weighted by Gasteiger charge is -2.08. The normalized spacial score (nSPS) is 15.7. The highest BCUT2D eigenvalue weighted by molar-refractivity contribution is 5.71. The fourth-order valence-electron chi connectivity index (χ4n) is 5.65. The fourth-order valence-corrected chi connectivity index (χ4v) is 5.65. The zero-order chi connectivity index (χ0) is 25.1. The predicted molar refractivity (Wildman–Crippen MR) is 154 cm³/mol. The van der Waals surface area contributed by atoms with E-state index in [2.05, 4.69) is 6.92 Å². The number of hydrogen-bond donors (Lipinski definition) is 0. The molecule has 0 amide bonds. The van der Waals surface area contributed by atoms with Crippen molar-refractivity contribution in [2.45, 2.75) is 206 Å². The van der Waals surface area contributed by atoms with E-state index in [0.717, 1.165) is 12.8 Å².